The minimum absolute atomic E-state index is 0.439. The summed E-state index contributed by atoms with van der Waals surface area (Å²) in [4.78, 5) is 10.3. The van der Waals surface area contributed by atoms with E-state index in [0.717, 1.165) is 55.3 Å². The highest BCUT2D eigenvalue weighted by Crippen LogP contribution is 2.46. The van der Waals surface area contributed by atoms with Crippen LogP contribution in [-0.4, -0.2) is 14.5 Å². The fourth-order valence-electron chi connectivity index (χ4n) is 7.97. The third-order valence-electron chi connectivity index (χ3n) is 10.3. The molecule has 11 aromatic rings. The number of rotatable bonds is 4. The van der Waals surface area contributed by atoms with Gasteiger partial charge in [-0.3, -0.25) is 0 Å². The van der Waals surface area contributed by atoms with Gasteiger partial charge < -0.3 is 8.98 Å². The van der Waals surface area contributed by atoms with Gasteiger partial charge in [-0.1, -0.05) is 121 Å². The van der Waals surface area contributed by atoms with Crippen LogP contribution in [0.25, 0.3) is 104 Å². The summed E-state index contributed by atoms with van der Waals surface area (Å²) in [6.45, 7) is 0. The maximum Gasteiger partial charge on any atom is 0.161 e. The normalized spacial score (nSPS) is 11.8. The number of fused-ring (bicyclic) bond motifs is 10. The molecule has 0 unspecified atom stereocenters. The van der Waals surface area contributed by atoms with E-state index in [-0.39, 0.29) is 0 Å². The first-order chi connectivity index (χ1) is 26.3. The molecule has 0 saturated heterocycles. The fraction of sp³-hybridized carbons (Fsp3) is 0. The Morgan fingerprint density at radius 1 is 0.547 bits per heavy atom. The Morgan fingerprint density at radius 2 is 1.19 bits per heavy atom. The molecule has 6 heteroatoms. The van der Waals surface area contributed by atoms with Crippen LogP contribution >= 0.6 is 11.3 Å². The van der Waals surface area contributed by atoms with E-state index in [2.05, 4.69) is 89.5 Å². The van der Waals surface area contributed by atoms with Crippen molar-refractivity contribution in [2.45, 2.75) is 0 Å². The Labute approximate surface area is 307 Å². The molecule has 0 aliphatic rings. The maximum absolute atomic E-state index is 10.5. The van der Waals surface area contributed by atoms with Crippen molar-refractivity contribution in [2.24, 2.45) is 0 Å². The summed E-state index contributed by atoms with van der Waals surface area (Å²) in [6.07, 6.45) is 0. The Balaban J connectivity index is 1.24. The molecule has 0 bridgehead atoms. The van der Waals surface area contributed by atoms with Crippen molar-refractivity contribution in [1.82, 2.24) is 14.5 Å². The van der Waals surface area contributed by atoms with Crippen LogP contribution in [0.4, 0.5) is 0 Å². The molecule has 11 rings (SSSR count). The summed E-state index contributed by atoms with van der Waals surface area (Å²) >= 11 is 1.85. The van der Waals surface area contributed by atoms with Crippen molar-refractivity contribution < 1.29 is 4.42 Å². The predicted molar refractivity (Wildman–Crippen MR) is 218 cm³/mol. The second-order valence-corrected chi connectivity index (χ2v) is 14.2. The smallest absolute Gasteiger partial charge is 0.161 e. The SMILES string of the molecule is N#Cc1c(-c2ccccc2)nc(-c2ccc(-n3c4ccccc4c4c5sc6ccccc6c5ccc43)c3oc4ccccc4c23)nc1-c1ccccc1. The average molecular weight is 695 g/mol. The average Bonchev–Trinajstić information content (AvgIpc) is 3.91. The van der Waals surface area contributed by atoms with Gasteiger partial charge in [0.25, 0.3) is 0 Å². The molecule has 7 aromatic carbocycles. The summed E-state index contributed by atoms with van der Waals surface area (Å²) in [5.41, 5.74) is 8.86. The van der Waals surface area contributed by atoms with E-state index in [0.29, 0.717) is 22.8 Å². The standard InChI is InChI=1S/C47H26N4OS/c48-27-35-43(28-13-3-1-4-14-28)49-47(50-44(35)29-15-5-2-6-16-29)34-24-26-38(45-41(34)33-19-8-11-21-39(33)52-45)51-36-20-10-7-18-32(36)42-37(51)25-23-31-30-17-9-12-22-40(30)53-46(31)42/h1-26H. The highest BCUT2D eigenvalue weighted by Gasteiger charge is 2.25. The number of nitrogens with zero attached hydrogens (tertiary/aromatic N) is 4. The van der Waals surface area contributed by atoms with Gasteiger partial charge in [-0.2, -0.15) is 5.26 Å². The number of aromatic nitrogens is 3. The van der Waals surface area contributed by atoms with Crippen LogP contribution in [0, 0.1) is 11.3 Å². The second-order valence-electron chi connectivity index (χ2n) is 13.2. The number of benzene rings is 7. The summed E-state index contributed by atoms with van der Waals surface area (Å²) < 4.78 is 11.8. The van der Waals surface area contributed by atoms with Gasteiger partial charge in [0.05, 0.1) is 28.1 Å². The molecule has 0 saturated carbocycles. The summed E-state index contributed by atoms with van der Waals surface area (Å²) in [7, 11) is 0. The third-order valence-corrected chi connectivity index (χ3v) is 11.5. The number of hydrogen-bond donors (Lipinski definition) is 0. The number of thiophene rings is 1. The van der Waals surface area contributed by atoms with Crippen LogP contribution in [-0.2, 0) is 0 Å². The first-order valence-corrected chi connectivity index (χ1v) is 18.3. The fourth-order valence-corrected chi connectivity index (χ4v) is 9.23. The highest BCUT2D eigenvalue weighted by molar-refractivity contribution is 7.26. The van der Waals surface area contributed by atoms with Gasteiger partial charge >= 0.3 is 0 Å². The third kappa shape index (κ3) is 4.35. The van der Waals surface area contributed by atoms with Crippen LogP contribution in [0.5, 0.6) is 0 Å². The first-order valence-electron chi connectivity index (χ1n) is 17.5. The molecule has 0 radical (unpaired) electrons. The Morgan fingerprint density at radius 3 is 1.92 bits per heavy atom. The van der Waals surface area contributed by atoms with Crippen LogP contribution in [0.2, 0.25) is 0 Å². The van der Waals surface area contributed by atoms with Crippen molar-refractivity contribution in [3.8, 4) is 45.7 Å². The van der Waals surface area contributed by atoms with Crippen LogP contribution in [0.1, 0.15) is 5.56 Å². The molecule has 4 aromatic heterocycles. The van der Waals surface area contributed by atoms with E-state index < -0.39 is 0 Å². The largest absolute Gasteiger partial charge is 0.454 e. The molecule has 0 N–H and O–H groups in total. The number of furan rings is 1. The Kier molecular flexibility index (Phi) is 6.42. The van der Waals surface area contributed by atoms with Gasteiger partial charge in [-0.25, -0.2) is 9.97 Å². The van der Waals surface area contributed by atoms with Crippen molar-refractivity contribution in [1.29, 1.82) is 5.26 Å². The molecular formula is C47H26N4OS. The molecule has 0 fully saturated rings. The highest BCUT2D eigenvalue weighted by atomic mass is 32.1. The van der Waals surface area contributed by atoms with Gasteiger partial charge in [0.2, 0.25) is 0 Å². The van der Waals surface area contributed by atoms with Crippen LogP contribution in [0.3, 0.4) is 0 Å². The molecule has 4 heterocycles. The van der Waals surface area contributed by atoms with Crippen LogP contribution < -0.4 is 0 Å². The minimum Gasteiger partial charge on any atom is -0.454 e. The Bertz CT molecular complexity index is 3230. The zero-order valence-corrected chi connectivity index (χ0v) is 28.9. The molecular weight excluding hydrogens is 669 g/mol. The summed E-state index contributed by atoms with van der Waals surface area (Å²) in [5.74, 6) is 0.527. The van der Waals surface area contributed by atoms with E-state index in [4.69, 9.17) is 14.4 Å². The van der Waals surface area contributed by atoms with E-state index in [1.54, 1.807) is 0 Å². The van der Waals surface area contributed by atoms with E-state index in [9.17, 15) is 5.26 Å². The van der Waals surface area contributed by atoms with E-state index in [1.807, 2.05) is 90.2 Å². The molecule has 0 aliphatic carbocycles. The number of nitriles is 1. The number of hydrogen-bond acceptors (Lipinski definition) is 5. The lowest BCUT2D eigenvalue weighted by Gasteiger charge is -2.14. The summed E-state index contributed by atoms with van der Waals surface area (Å²) in [6, 6.07) is 56.4. The summed E-state index contributed by atoms with van der Waals surface area (Å²) in [5, 5.41) is 17.4. The minimum atomic E-state index is 0.439. The lowest BCUT2D eigenvalue weighted by atomic mass is 9.99. The van der Waals surface area contributed by atoms with E-state index >= 15 is 0 Å². The molecule has 246 valence electrons. The number of para-hydroxylation sites is 2. The lowest BCUT2D eigenvalue weighted by Crippen LogP contribution is -2.02. The quantitative estimate of drug-likeness (QED) is 0.184. The zero-order chi connectivity index (χ0) is 35.0. The molecule has 0 spiro atoms. The predicted octanol–water partition coefficient (Wildman–Crippen LogP) is 12.7. The lowest BCUT2D eigenvalue weighted by molar-refractivity contribution is 0.666. The van der Waals surface area contributed by atoms with Gasteiger partial charge in [-0.05, 0) is 36.4 Å². The molecule has 0 amide bonds. The maximum atomic E-state index is 10.5. The van der Waals surface area contributed by atoms with Crippen molar-refractivity contribution in [3.05, 3.63) is 163 Å². The van der Waals surface area contributed by atoms with Crippen molar-refractivity contribution in [2.75, 3.05) is 0 Å². The monoisotopic (exact) mass is 694 g/mol. The first kappa shape index (κ1) is 29.6. The van der Waals surface area contributed by atoms with Crippen LogP contribution in [0.15, 0.2) is 162 Å². The van der Waals surface area contributed by atoms with Gasteiger partial charge in [-0.15, -0.1) is 11.3 Å². The second kappa shape index (κ2) is 11.5. The van der Waals surface area contributed by atoms with E-state index in [1.165, 1.54) is 30.9 Å². The van der Waals surface area contributed by atoms with Crippen molar-refractivity contribution >= 4 is 75.3 Å². The topological polar surface area (TPSA) is 67.6 Å². The molecule has 0 aliphatic heterocycles. The molecule has 53 heavy (non-hydrogen) atoms. The van der Waals surface area contributed by atoms with Gasteiger partial charge in [0, 0.05) is 58.4 Å². The van der Waals surface area contributed by atoms with Gasteiger partial charge in [0.1, 0.15) is 17.2 Å². The van der Waals surface area contributed by atoms with Gasteiger partial charge in [0.15, 0.2) is 11.4 Å². The zero-order valence-electron chi connectivity index (χ0n) is 28.1. The molecule has 5 nitrogen and oxygen atoms in total. The molecule has 0 atom stereocenters. The Hall–Kier alpha value is -7.07. The van der Waals surface area contributed by atoms with Crippen molar-refractivity contribution in [3.63, 3.8) is 0 Å².